The maximum Gasteiger partial charge on any atom is 0.167 e. The molecule has 0 amide bonds. The standard InChI is InChI=1S/C15H24O4/c16-13(15(17)4-1-2-5-15)12-3-8-19-14(11-12)6-9-18-10-7-14/h12,17H,1-11H2. The molecule has 3 fully saturated rings. The summed E-state index contributed by atoms with van der Waals surface area (Å²) in [6.07, 6.45) is 6.57. The molecule has 0 aromatic heterocycles. The highest BCUT2D eigenvalue weighted by molar-refractivity contribution is 5.89. The number of aliphatic hydroxyl groups is 1. The van der Waals surface area contributed by atoms with Crippen LogP contribution in [0, 0.1) is 5.92 Å². The minimum absolute atomic E-state index is 0.0186. The van der Waals surface area contributed by atoms with Crippen LogP contribution in [0.1, 0.15) is 51.4 Å². The maximum absolute atomic E-state index is 12.6. The van der Waals surface area contributed by atoms with E-state index in [0.717, 1.165) is 51.7 Å². The van der Waals surface area contributed by atoms with Crippen LogP contribution in [-0.4, -0.2) is 41.9 Å². The zero-order valence-electron chi connectivity index (χ0n) is 11.5. The van der Waals surface area contributed by atoms with Crippen molar-refractivity contribution in [1.29, 1.82) is 0 Å². The minimum atomic E-state index is -1.03. The van der Waals surface area contributed by atoms with Gasteiger partial charge in [-0.3, -0.25) is 4.79 Å². The minimum Gasteiger partial charge on any atom is -0.382 e. The molecule has 19 heavy (non-hydrogen) atoms. The molecule has 4 nitrogen and oxygen atoms in total. The molecular weight excluding hydrogens is 244 g/mol. The molecule has 1 N–H and O–H groups in total. The molecule has 0 bridgehead atoms. The second-order valence-corrected chi connectivity index (χ2v) is 6.44. The molecule has 4 heteroatoms. The van der Waals surface area contributed by atoms with Crippen LogP contribution in [0.4, 0.5) is 0 Å². The monoisotopic (exact) mass is 268 g/mol. The van der Waals surface area contributed by atoms with Gasteiger partial charge in [0, 0.05) is 25.7 Å². The van der Waals surface area contributed by atoms with Crippen LogP contribution in [0.25, 0.3) is 0 Å². The van der Waals surface area contributed by atoms with Crippen molar-refractivity contribution in [2.24, 2.45) is 5.92 Å². The van der Waals surface area contributed by atoms with E-state index >= 15 is 0 Å². The van der Waals surface area contributed by atoms with Gasteiger partial charge in [-0.15, -0.1) is 0 Å². The Kier molecular flexibility index (Phi) is 3.67. The highest BCUT2D eigenvalue weighted by atomic mass is 16.5. The van der Waals surface area contributed by atoms with Gasteiger partial charge in [0.1, 0.15) is 5.60 Å². The molecule has 0 radical (unpaired) electrons. The fourth-order valence-corrected chi connectivity index (χ4v) is 3.93. The average molecular weight is 268 g/mol. The van der Waals surface area contributed by atoms with E-state index in [4.69, 9.17) is 9.47 Å². The number of rotatable bonds is 2. The third-order valence-corrected chi connectivity index (χ3v) is 5.16. The molecule has 1 aliphatic carbocycles. The first-order chi connectivity index (χ1) is 9.14. The van der Waals surface area contributed by atoms with Gasteiger partial charge in [-0.2, -0.15) is 0 Å². The molecule has 108 valence electrons. The number of hydrogen-bond acceptors (Lipinski definition) is 4. The van der Waals surface area contributed by atoms with Gasteiger partial charge in [0.2, 0.25) is 0 Å². The van der Waals surface area contributed by atoms with E-state index in [2.05, 4.69) is 0 Å². The molecular formula is C15H24O4. The van der Waals surface area contributed by atoms with Crippen molar-refractivity contribution in [3.05, 3.63) is 0 Å². The largest absolute Gasteiger partial charge is 0.382 e. The van der Waals surface area contributed by atoms with Crippen molar-refractivity contribution in [2.75, 3.05) is 19.8 Å². The first-order valence-electron chi connectivity index (χ1n) is 7.62. The van der Waals surface area contributed by atoms with E-state index in [1.54, 1.807) is 0 Å². The summed E-state index contributed by atoms with van der Waals surface area (Å²) in [7, 11) is 0. The SMILES string of the molecule is O=C(C1CCOC2(CCOCC2)C1)C1(O)CCCC1. The molecule has 1 unspecified atom stereocenters. The molecule has 2 aliphatic heterocycles. The molecule has 2 saturated heterocycles. The van der Waals surface area contributed by atoms with Gasteiger partial charge in [0.15, 0.2) is 5.78 Å². The van der Waals surface area contributed by atoms with E-state index in [1.165, 1.54) is 0 Å². The van der Waals surface area contributed by atoms with Crippen molar-refractivity contribution >= 4 is 5.78 Å². The molecule has 3 rings (SSSR count). The van der Waals surface area contributed by atoms with Crippen LogP contribution >= 0.6 is 0 Å². The Morgan fingerprint density at radius 3 is 2.42 bits per heavy atom. The third-order valence-electron chi connectivity index (χ3n) is 5.16. The summed E-state index contributed by atoms with van der Waals surface area (Å²) in [6.45, 7) is 2.10. The number of carbonyl (C=O) groups excluding carboxylic acids is 1. The Hall–Kier alpha value is -0.450. The van der Waals surface area contributed by atoms with Crippen LogP contribution < -0.4 is 0 Å². The highest BCUT2D eigenvalue weighted by Crippen LogP contribution is 2.41. The van der Waals surface area contributed by atoms with Gasteiger partial charge in [0.25, 0.3) is 0 Å². The van der Waals surface area contributed by atoms with Crippen molar-refractivity contribution in [2.45, 2.75) is 62.6 Å². The van der Waals surface area contributed by atoms with Crippen molar-refractivity contribution in [3.8, 4) is 0 Å². The summed E-state index contributed by atoms with van der Waals surface area (Å²) in [5.41, 5.74) is -1.19. The highest BCUT2D eigenvalue weighted by Gasteiger charge is 2.47. The number of ketones is 1. The van der Waals surface area contributed by atoms with Crippen molar-refractivity contribution < 1.29 is 19.4 Å². The van der Waals surface area contributed by atoms with Gasteiger partial charge < -0.3 is 14.6 Å². The quantitative estimate of drug-likeness (QED) is 0.830. The van der Waals surface area contributed by atoms with E-state index < -0.39 is 5.60 Å². The summed E-state index contributed by atoms with van der Waals surface area (Å²) in [5, 5.41) is 10.5. The Labute approximate surface area is 114 Å². The Morgan fingerprint density at radius 2 is 1.74 bits per heavy atom. The molecule has 1 spiro atoms. The normalized spacial score (nSPS) is 33.4. The summed E-state index contributed by atoms with van der Waals surface area (Å²) >= 11 is 0. The zero-order chi connectivity index (χ0) is 13.3. The fraction of sp³-hybridized carbons (Fsp3) is 0.933. The number of hydrogen-bond donors (Lipinski definition) is 1. The van der Waals surface area contributed by atoms with Crippen LogP contribution in [0.2, 0.25) is 0 Å². The predicted octanol–water partition coefficient (Wildman–Crippen LogP) is 1.84. The summed E-state index contributed by atoms with van der Waals surface area (Å²) < 4.78 is 11.4. The molecule has 2 heterocycles. The Balaban J connectivity index is 1.69. The first-order valence-corrected chi connectivity index (χ1v) is 7.62. The Bertz CT molecular complexity index is 335. The molecule has 0 aromatic rings. The second kappa shape index (κ2) is 5.15. The summed E-state index contributed by atoms with van der Waals surface area (Å²) in [4.78, 5) is 12.6. The van der Waals surface area contributed by atoms with E-state index in [-0.39, 0.29) is 17.3 Å². The van der Waals surface area contributed by atoms with E-state index in [9.17, 15) is 9.90 Å². The smallest absolute Gasteiger partial charge is 0.167 e. The lowest BCUT2D eigenvalue weighted by Gasteiger charge is -2.44. The first kappa shape index (κ1) is 13.5. The average Bonchev–Trinajstić information content (AvgIpc) is 2.87. The maximum atomic E-state index is 12.6. The molecule has 0 aromatic carbocycles. The molecule has 3 aliphatic rings. The lowest BCUT2D eigenvalue weighted by Crippen LogP contribution is -2.49. The summed E-state index contributed by atoms with van der Waals surface area (Å²) in [6, 6.07) is 0. The zero-order valence-corrected chi connectivity index (χ0v) is 11.5. The number of carbonyl (C=O) groups is 1. The van der Waals surface area contributed by atoms with Gasteiger partial charge in [-0.1, -0.05) is 0 Å². The molecule has 1 atom stereocenters. The predicted molar refractivity (Wildman–Crippen MR) is 69.9 cm³/mol. The van der Waals surface area contributed by atoms with Gasteiger partial charge in [-0.25, -0.2) is 0 Å². The van der Waals surface area contributed by atoms with E-state index in [0.29, 0.717) is 19.4 Å². The summed E-state index contributed by atoms with van der Waals surface area (Å²) in [5.74, 6) is 0.0640. The van der Waals surface area contributed by atoms with Crippen molar-refractivity contribution in [1.82, 2.24) is 0 Å². The van der Waals surface area contributed by atoms with Gasteiger partial charge in [0.05, 0.1) is 5.60 Å². The second-order valence-electron chi connectivity index (χ2n) is 6.44. The topological polar surface area (TPSA) is 55.8 Å². The fourth-order valence-electron chi connectivity index (χ4n) is 3.93. The number of ether oxygens (including phenoxy) is 2. The van der Waals surface area contributed by atoms with Crippen LogP contribution in [0.15, 0.2) is 0 Å². The van der Waals surface area contributed by atoms with Crippen LogP contribution in [0.3, 0.4) is 0 Å². The van der Waals surface area contributed by atoms with Gasteiger partial charge in [-0.05, 0) is 51.4 Å². The van der Waals surface area contributed by atoms with Crippen LogP contribution in [0.5, 0.6) is 0 Å². The Morgan fingerprint density at radius 1 is 1.05 bits per heavy atom. The van der Waals surface area contributed by atoms with E-state index in [1.807, 2.05) is 0 Å². The lowest BCUT2D eigenvalue weighted by molar-refractivity contribution is -0.166. The number of Topliss-reactive ketones (excluding diaryl/α,β-unsaturated/α-hetero) is 1. The third kappa shape index (κ3) is 2.58. The van der Waals surface area contributed by atoms with Gasteiger partial charge >= 0.3 is 0 Å². The lowest BCUT2D eigenvalue weighted by atomic mass is 9.75. The molecule has 1 saturated carbocycles. The van der Waals surface area contributed by atoms with Crippen molar-refractivity contribution in [3.63, 3.8) is 0 Å². The van der Waals surface area contributed by atoms with Crippen LogP contribution in [-0.2, 0) is 14.3 Å².